The minimum atomic E-state index is -1.39. The second-order valence-electron chi connectivity index (χ2n) is 11.7. The molecule has 50 heavy (non-hydrogen) atoms. The van der Waals surface area contributed by atoms with Gasteiger partial charge in [-0.05, 0) is 48.9 Å². The second kappa shape index (κ2) is 17.7. The minimum absolute atomic E-state index is 0.0426. The monoisotopic (exact) mass is 681 g/mol. The summed E-state index contributed by atoms with van der Waals surface area (Å²) in [5.41, 5.74) is -0.123. The number of carbonyl (C=O) groups excluding carboxylic acids is 4. The van der Waals surface area contributed by atoms with E-state index < -0.39 is 54.7 Å². The molecule has 4 aromatic rings. The van der Waals surface area contributed by atoms with E-state index in [-0.39, 0.29) is 34.8 Å². The van der Waals surface area contributed by atoms with E-state index in [0.29, 0.717) is 6.42 Å². The van der Waals surface area contributed by atoms with Gasteiger partial charge < -0.3 is 24.3 Å². The van der Waals surface area contributed by atoms with Gasteiger partial charge in [-0.25, -0.2) is 19.2 Å². The topological polar surface area (TPSA) is 152 Å². The molecule has 12 heteroatoms. The lowest BCUT2D eigenvalue weighted by Gasteiger charge is -2.25. The molecule has 1 N–H and O–H groups in total. The Balaban J connectivity index is 1.42. The number of hydrogen-bond acceptors (Lipinski definition) is 10. The molecule has 0 unspecified atom stereocenters. The maximum atomic E-state index is 13.4. The average molecular weight is 682 g/mol. The van der Waals surface area contributed by atoms with Gasteiger partial charge in [-0.2, -0.15) is 4.98 Å². The predicted octanol–water partition coefficient (Wildman–Crippen LogP) is 5.75. The van der Waals surface area contributed by atoms with Crippen molar-refractivity contribution in [1.82, 2.24) is 9.55 Å². The summed E-state index contributed by atoms with van der Waals surface area (Å²) < 4.78 is 24.7. The first-order valence-corrected chi connectivity index (χ1v) is 16.6. The van der Waals surface area contributed by atoms with Crippen LogP contribution in [-0.2, 0) is 23.7 Å². The fourth-order valence-electron chi connectivity index (χ4n) is 5.45. The molecule has 1 aliphatic heterocycles. The molecule has 2 heterocycles. The highest BCUT2D eigenvalue weighted by Gasteiger charge is 2.51. The molecule has 0 saturated carbocycles. The van der Waals surface area contributed by atoms with Crippen molar-refractivity contribution in [3.8, 4) is 0 Å². The first-order chi connectivity index (χ1) is 24.3. The van der Waals surface area contributed by atoms with E-state index in [1.807, 2.05) is 0 Å². The molecule has 0 spiro atoms. The number of amides is 1. The summed E-state index contributed by atoms with van der Waals surface area (Å²) in [4.78, 5) is 69.6. The molecular weight excluding hydrogens is 642 g/mol. The number of anilines is 1. The first-order valence-electron chi connectivity index (χ1n) is 16.6. The molecule has 1 amide bonds. The highest BCUT2D eigenvalue weighted by atomic mass is 16.7. The lowest BCUT2D eigenvalue weighted by atomic mass is 10.1. The van der Waals surface area contributed by atoms with Crippen LogP contribution in [0.2, 0.25) is 0 Å². The van der Waals surface area contributed by atoms with Crippen LogP contribution in [0.5, 0.6) is 0 Å². The summed E-state index contributed by atoms with van der Waals surface area (Å²) in [6, 6.07) is 26.0. The number of nitrogens with zero attached hydrogens (tertiary/aromatic N) is 2. The number of rotatable bonds is 15. The fraction of sp³-hybridized carbons (Fsp3) is 0.316. The molecule has 260 valence electrons. The molecule has 5 rings (SSSR count). The zero-order valence-electron chi connectivity index (χ0n) is 27.6. The maximum absolute atomic E-state index is 13.4. The van der Waals surface area contributed by atoms with Gasteiger partial charge in [-0.1, -0.05) is 87.2 Å². The zero-order chi connectivity index (χ0) is 35.3. The normalized spacial score (nSPS) is 18.2. The first kappa shape index (κ1) is 35.7. The number of unbranched alkanes of at least 4 members (excludes halogenated alkanes) is 4. The van der Waals surface area contributed by atoms with Crippen LogP contribution in [0.3, 0.4) is 0 Å². The number of benzene rings is 3. The molecule has 4 atom stereocenters. The van der Waals surface area contributed by atoms with Crippen molar-refractivity contribution in [3.05, 3.63) is 130 Å². The Morgan fingerprint density at radius 2 is 1.26 bits per heavy atom. The third-order valence-corrected chi connectivity index (χ3v) is 8.06. The Kier molecular flexibility index (Phi) is 12.6. The van der Waals surface area contributed by atoms with Crippen LogP contribution in [0.4, 0.5) is 5.82 Å². The van der Waals surface area contributed by atoms with Crippen molar-refractivity contribution < 1.29 is 38.1 Å². The van der Waals surface area contributed by atoms with Gasteiger partial charge in [0.15, 0.2) is 18.4 Å². The highest BCUT2D eigenvalue weighted by molar-refractivity contribution is 5.91. The molecule has 1 saturated heterocycles. The quantitative estimate of drug-likeness (QED) is 0.0933. The van der Waals surface area contributed by atoms with E-state index in [0.717, 1.165) is 30.3 Å². The van der Waals surface area contributed by atoms with Gasteiger partial charge in [0.05, 0.1) is 16.7 Å². The van der Waals surface area contributed by atoms with E-state index in [2.05, 4.69) is 17.2 Å². The Bertz CT molecular complexity index is 1800. The molecule has 1 fully saturated rings. The number of carbonyl (C=O) groups is 4. The lowest BCUT2D eigenvalue weighted by Crippen LogP contribution is -2.42. The van der Waals surface area contributed by atoms with Crippen LogP contribution in [0.1, 0.15) is 82.8 Å². The van der Waals surface area contributed by atoms with Crippen molar-refractivity contribution >= 4 is 29.6 Å². The molecular formula is C38H39N3O9. The van der Waals surface area contributed by atoms with Crippen LogP contribution < -0.4 is 11.0 Å². The highest BCUT2D eigenvalue weighted by Crippen LogP contribution is 2.35. The van der Waals surface area contributed by atoms with Gasteiger partial charge in [0.2, 0.25) is 5.91 Å². The third kappa shape index (κ3) is 9.50. The maximum Gasteiger partial charge on any atom is 0.351 e. The number of esters is 3. The van der Waals surface area contributed by atoms with Crippen molar-refractivity contribution in [3.63, 3.8) is 0 Å². The van der Waals surface area contributed by atoms with Crippen molar-refractivity contribution in [2.24, 2.45) is 0 Å². The molecule has 1 aliphatic rings. The Morgan fingerprint density at radius 3 is 1.82 bits per heavy atom. The summed E-state index contributed by atoms with van der Waals surface area (Å²) in [7, 11) is 0. The van der Waals surface area contributed by atoms with Gasteiger partial charge in [-0.15, -0.1) is 0 Å². The molecule has 3 aromatic carbocycles. The van der Waals surface area contributed by atoms with Gasteiger partial charge >= 0.3 is 23.6 Å². The fourth-order valence-corrected chi connectivity index (χ4v) is 5.45. The third-order valence-electron chi connectivity index (χ3n) is 8.06. The van der Waals surface area contributed by atoms with Gasteiger partial charge in [0.1, 0.15) is 18.5 Å². The molecule has 1 aromatic heterocycles. The summed E-state index contributed by atoms with van der Waals surface area (Å²) in [6.07, 6.45) is 1.26. The van der Waals surface area contributed by atoms with Gasteiger partial charge in [-0.3, -0.25) is 9.36 Å². The van der Waals surface area contributed by atoms with E-state index in [4.69, 9.17) is 18.9 Å². The smallest absolute Gasteiger partial charge is 0.351 e. The van der Waals surface area contributed by atoms with Crippen LogP contribution in [0.25, 0.3) is 0 Å². The number of ether oxygens (including phenoxy) is 4. The van der Waals surface area contributed by atoms with Crippen LogP contribution >= 0.6 is 0 Å². The second-order valence-corrected chi connectivity index (χ2v) is 11.7. The molecule has 0 radical (unpaired) electrons. The number of aromatic nitrogens is 2. The molecule has 12 nitrogen and oxygen atoms in total. The van der Waals surface area contributed by atoms with Crippen molar-refractivity contribution in [2.75, 3.05) is 11.9 Å². The van der Waals surface area contributed by atoms with Gasteiger partial charge in [0, 0.05) is 12.6 Å². The Morgan fingerprint density at radius 1 is 0.720 bits per heavy atom. The lowest BCUT2D eigenvalue weighted by molar-refractivity contribution is -0.116. The van der Waals surface area contributed by atoms with E-state index in [1.54, 1.807) is 91.0 Å². The largest absolute Gasteiger partial charge is 0.459 e. The van der Waals surface area contributed by atoms with Crippen LogP contribution in [0, 0.1) is 0 Å². The summed E-state index contributed by atoms with van der Waals surface area (Å²) in [6.45, 7) is 1.70. The van der Waals surface area contributed by atoms with E-state index in [1.165, 1.54) is 12.3 Å². The number of nitrogens with one attached hydrogen (secondary N) is 1. The summed E-state index contributed by atoms with van der Waals surface area (Å²) in [5, 5.41) is 2.65. The van der Waals surface area contributed by atoms with E-state index in [9.17, 15) is 24.0 Å². The Hall–Kier alpha value is -5.62. The predicted molar refractivity (Wildman–Crippen MR) is 182 cm³/mol. The zero-order valence-corrected chi connectivity index (χ0v) is 27.6. The summed E-state index contributed by atoms with van der Waals surface area (Å²) >= 11 is 0. The summed E-state index contributed by atoms with van der Waals surface area (Å²) in [5.74, 6) is -2.41. The van der Waals surface area contributed by atoms with Crippen molar-refractivity contribution in [1.29, 1.82) is 0 Å². The Labute approximate surface area is 289 Å². The van der Waals surface area contributed by atoms with Crippen LogP contribution in [-0.4, -0.2) is 58.3 Å². The van der Waals surface area contributed by atoms with Gasteiger partial charge in [0.25, 0.3) is 0 Å². The SMILES string of the molecule is CCCCCCCC(=O)Nc1ccn([C@@H]2O[C@H](COC(=O)c3ccccc3)[C@@H](OC(=O)c3ccccc3)[C@H]2OC(=O)c2ccccc2)c(=O)n1. The average Bonchev–Trinajstić information content (AvgIpc) is 3.47. The standard InChI is InChI=1S/C38H39N3O9/c1-2-3-4-5-15-22-31(42)39-30-23-24-41(38(46)40-30)34-33(50-37(45)28-20-13-8-14-21-28)32(49-36(44)27-18-11-7-12-19-27)29(48-34)25-47-35(43)26-16-9-6-10-17-26/h6-14,16-21,23-24,29,32-34H,2-5,15,22,25H2,1H3,(H,39,40,42,46)/t29-,32-,33-,34-/m1/s1. The van der Waals surface area contributed by atoms with E-state index >= 15 is 0 Å². The van der Waals surface area contributed by atoms with Crippen molar-refractivity contribution in [2.45, 2.75) is 70.0 Å². The molecule has 0 aliphatic carbocycles. The van der Waals surface area contributed by atoms with Crippen LogP contribution in [0.15, 0.2) is 108 Å². The number of hydrogen-bond donors (Lipinski definition) is 1. The molecule has 0 bridgehead atoms. The minimum Gasteiger partial charge on any atom is -0.459 e.